The van der Waals surface area contributed by atoms with Gasteiger partial charge in [-0.15, -0.1) is 0 Å². The Kier molecular flexibility index (Phi) is 5.96. The summed E-state index contributed by atoms with van der Waals surface area (Å²) in [6, 6.07) is 4.89. The minimum absolute atomic E-state index is 0.166. The summed E-state index contributed by atoms with van der Waals surface area (Å²) in [6.07, 6.45) is -0.172. The normalized spacial score (nSPS) is 16.0. The molecule has 0 radical (unpaired) electrons. The van der Waals surface area contributed by atoms with Crippen LogP contribution in [0.25, 0.3) is 0 Å². The van der Waals surface area contributed by atoms with Gasteiger partial charge in [0.25, 0.3) is 0 Å². The fraction of sp³-hybridized carbons (Fsp3) is 0.625. The predicted molar refractivity (Wildman–Crippen MR) is 79.5 cm³/mol. The van der Waals surface area contributed by atoms with E-state index in [1.54, 1.807) is 18.2 Å². The Bertz CT molecular complexity index is 434. The molecule has 0 aliphatic rings. The van der Waals surface area contributed by atoms with Crippen LogP contribution in [0.15, 0.2) is 18.2 Å². The minimum Gasteiger partial charge on any atom is -0.494 e. The second kappa shape index (κ2) is 7.04. The molecule has 0 bridgehead atoms. The van der Waals surface area contributed by atoms with Crippen molar-refractivity contribution < 1.29 is 14.2 Å². The maximum atomic E-state index is 14.4. The van der Waals surface area contributed by atoms with Crippen LogP contribution in [0.3, 0.4) is 0 Å². The van der Waals surface area contributed by atoms with Gasteiger partial charge in [-0.2, -0.15) is 0 Å². The Morgan fingerprint density at radius 1 is 1.30 bits per heavy atom. The van der Waals surface area contributed by atoms with E-state index in [4.69, 9.17) is 4.74 Å². The SMILES string of the molecule is CCN(CC)C(C)(CC)C(O)c1cccc(OC)c1F. The highest BCUT2D eigenvalue weighted by atomic mass is 19.1. The summed E-state index contributed by atoms with van der Waals surface area (Å²) in [5.74, 6) is -0.311. The van der Waals surface area contributed by atoms with E-state index in [1.807, 2.05) is 27.7 Å². The number of aliphatic hydroxyl groups excluding tert-OH is 1. The number of hydrogen-bond acceptors (Lipinski definition) is 3. The van der Waals surface area contributed by atoms with E-state index >= 15 is 0 Å². The number of halogens is 1. The van der Waals surface area contributed by atoms with Gasteiger partial charge < -0.3 is 9.84 Å². The van der Waals surface area contributed by atoms with Gasteiger partial charge in [0.1, 0.15) is 0 Å². The highest BCUT2D eigenvalue weighted by molar-refractivity contribution is 5.33. The summed E-state index contributed by atoms with van der Waals surface area (Å²) >= 11 is 0. The fourth-order valence-electron chi connectivity index (χ4n) is 2.77. The zero-order chi connectivity index (χ0) is 15.3. The summed E-state index contributed by atoms with van der Waals surface area (Å²) in [6.45, 7) is 9.70. The van der Waals surface area contributed by atoms with Crippen LogP contribution in [0.5, 0.6) is 5.75 Å². The van der Waals surface area contributed by atoms with Crippen LogP contribution in [0.2, 0.25) is 0 Å². The minimum atomic E-state index is -0.900. The van der Waals surface area contributed by atoms with Crippen molar-refractivity contribution >= 4 is 0 Å². The predicted octanol–water partition coefficient (Wildman–Crippen LogP) is 3.38. The maximum absolute atomic E-state index is 14.4. The van der Waals surface area contributed by atoms with Crippen LogP contribution in [0, 0.1) is 5.82 Å². The number of rotatable bonds is 7. The van der Waals surface area contributed by atoms with E-state index in [0.717, 1.165) is 19.5 Å². The van der Waals surface area contributed by atoms with Crippen LogP contribution in [0.4, 0.5) is 4.39 Å². The third kappa shape index (κ3) is 2.96. The molecule has 3 nitrogen and oxygen atoms in total. The van der Waals surface area contributed by atoms with Crippen molar-refractivity contribution in [2.24, 2.45) is 0 Å². The monoisotopic (exact) mass is 283 g/mol. The third-order valence-corrected chi connectivity index (χ3v) is 4.30. The zero-order valence-corrected chi connectivity index (χ0v) is 13.1. The summed E-state index contributed by atoms with van der Waals surface area (Å²) in [4.78, 5) is 2.16. The molecule has 1 N–H and O–H groups in total. The molecule has 0 heterocycles. The molecule has 4 heteroatoms. The van der Waals surface area contributed by atoms with Gasteiger partial charge in [-0.1, -0.05) is 32.9 Å². The molecule has 20 heavy (non-hydrogen) atoms. The van der Waals surface area contributed by atoms with Crippen molar-refractivity contribution in [3.63, 3.8) is 0 Å². The quantitative estimate of drug-likeness (QED) is 0.832. The molecule has 0 amide bonds. The lowest BCUT2D eigenvalue weighted by atomic mass is 9.84. The smallest absolute Gasteiger partial charge is 0.170 e. The lowest BCUT2D eigenvalue weighted by molar-refractivity contribution is -0.0232. The van der Waals surface area contributed by atoms with Gasteiger partial charge in [0.05, 0.1) is 13.2 Å². The van der Waals surface area contributed by atoms with Crippen molar-refractivity contribution in [1.82, 2.24) is 4.90 Å². The molecule has 2 unspecified atom stereocenters. The highest BCUT2D eigenvalue weighted by Crippen LogP contribution is 2.37. The molecule has 0 aliphatic heterocycles. The molecule has 0 saturated carbocycles. The molecule has 1 rings (SSSR count). The van der Waals surface area contributed by atoms with Crippen LogP contribution in [-0.2, 0) is 0 Å². The van der Waals surface area contributed by atoms with Crippen LogP contribution in [0.1, 0.15) is 45.8 Å². The first-order valence-corrected chi connectivity index (χ1v) is 7.21. The van der Waals surface area contributed by atoms with Crippen LogP contribution in [-0.4, -0.2) is 35.7 Å². The molecule has 0 saturated heterocycles. The van der Waals surface area contributed by atoms with Gasteiger partial charge in [0.2, 0.25) is 0 Å². The van der Waals surface area contributed by atoms with Gasteiger partial charge in [0.15, 0.2) is 11.6 Å². The number of methoxy groups -OCH3 is 1. The van der Waals surface area contributed by atoms with Crippen molar-refractivity contribution in [1.29, 1.82) is 0 Å². The Labute approximate surface area is 121 Å². The zero-order valence-electron chi connectivity index (χ0n) is 13.1. The average molecular weight is 283 g/mol. The number of aliphatic hydroxyl groups is 1. The Hall–Kier alpha value is -1.13. The molecule has 1 aromatic carbocycles. The van der Waals surface area contributed by atoms with Crippen molar-refractivity contribution in [3.8, 4) is 5.75 Å². The van der Waals surface area contributed by atoms with Crippen molar-refractivity contribution in [2.45, 2.75) is 45.8 Å². The molecule has 0 spiro atoms. The van der Waals surface area contributed by atoms with Crippen molar-refractivity contribution in [2.75, 3.05) is 20.2 Å². The molecular weight excluding hydrogens is 257 g/mol. The maximum Gasteiger partial charge on any atom is 0.170 e. The number of hydrogen-bond donors (Lipinski definition) is 1. The first-order valence-electron chi connectivity index (χ1n) is 7.21. The lowest BCUT2D eigenvalue weighted by Crippen LogP contribution is -2.50. The summed E-state index contributed by atoms with van der Waals surface area (Å²) < 4.78 is 19.4. The van der Waals surface area contributed by atoms with Gasteiger partial charge >= 0.3 is 0 Å². The summed E-state index contributed by atoms with van der Waals surface area (Å²) in [5, 5.41) is 10.7. The highest BCUT2D eigenvalue weighted by Gasteiger charge is 2.38. The van der Waals surface area contributed by atoms with E-state index in [1.165, 1.54) is 7.11 Å². The number of benzene rings is 1. The largest absolute Gasteiger partial charge is 0.494 e. The second-order valence-corrected chi connectivity index (χ2v) is 5.15. The summed E-state index contributed by atoms with van der Waals surface area (Å²) in [5.41, 5.74) is -0.211. The van der Waals surface area contributed by atoms with E-state index < -0.39 is 17.5 Å². The first kappa shape index (κ1) is 16.9. The van der Waals surface area contributed by atoms with E-state index in [9.17, 15) is 9.50 Å². The Morgan fingerprint density at radius 3 is 2.35 bits per heavy atom. The second-order valence-electron chi connectivity index (χ2n) is 5.15. The topological polar surface area (TPSA) is 32.7 Å². The lowest BCUT2D eigenvalue weighted by Gasteiger charge is -2.43. The van der Waals surface area contributed by atoms with Gasteiger partial charge in [-0.25, -0.2) is 4.39 Å². The summed E-state index contributed by atoms with van der Waals surface area (Å²) in [7, 11) is 1.43. The van der Waals surface area contributed by atoms with Crippen molar-refractivity contribution in [3.05, 3.63) is 29.6 Å². The van der Waals surface area contributed by atoms with E-state index in [2.05, 4.69) is 4.90 Å². The average Bonchev–Trinajstić information content (AvgIpc) is 2.47. The third-order valence-electron chi connectivity index (χ3n) is 4.30. The van der Waals surface area contributed by atoms with Crippen LogP contribution >= 0.6 is 0 Å². The number of likely N-dealkylation sites (N-methyl/N-ethyl adjacent to an activating group) is 1. The Morgan fingerprint density at radius 2 is 1.90 bits per heavy atom. The van der Waals surface area contributed by atoms with Gasteiger partial charge in [0, 0.05) is 11.1 Å². The molecule has 114 valence electrons. The van der Waals surface area contributed by atoms with Gasteiger partial charge in [-0.3, -0.25) is 4.90 Å². The van der Waals surface area contributed by atoms with Crippen LogP contribution < -0.4 is 4.74 Å². The Balaban J connectivity index is 3.23. The fourth-order valence-corrected chi connectivity index (χ4v) is 2.77. The van der Waals surface area contributed by atoms with E-state index in [0.29, 0.717) is 5.56 Å². The van der Waals surface area contributed by atoms with E-state index in [-0.39, 0.29) is 5.75 Å². The number of ether oxygens (including phenoxy) is 1. The molecule has 2 atom stereocenters. The molecular formula is C16H26FNO2. The molecule has 0 aliphatic carbocycles. The standard InChI is InChI=1S/C16H26FNO2/c1-6-16(4,18(7-2)8-3)15(19)12-10-9-11-13(20-5)14(12)17/h9-11,15,19H,6-8H2,1-5H3. The molecule has 0 aromatic heterocycles. The number of nitrogens with zero attached hydrogens (tertiary/aromatic N) is 1. The van der Waals surface area contributed by atoms with Gasteiger partial charge in [-0.05, 0) is 32.5 Å². The molecule has 1 aromatic rings. The molecule has 0 fully saturated rings. The first-order chi connectivity index (χ1) is 9.46.